The highest BCUT2D eigenvalue weighted by Crippen LogP contribution is 2.34. The van der Waals surface area contributed by atoms with Crippen molar-refractivity contribution in [2.75, 3.05) is 6.61 Å². The molecule has 2 rings (SSSR count). The molecule has 1 aliphatic heterocycles. The summed E-state index contributed by atoms with van der Waals surface area (Å²) in [7, 11) is 0. The second kappa shape index (κ2) is 5.49. The van der Waals surface area contributed by atoms with E-state index in [1.807, 2.05) is 0 Å². The van der Waals surface area contributed by atoms with E-state index in [1.165, 1.54) is 0 Å². The lowest BCUT2D eigenvalue weighted by Gasteiger charge is -2.24. The number of carbonyl (C=O) groups excluding carboxylic acids is 1. The highest BCUT2D eigenvalue weighted by atomic mass is 16.5. The van der Waals surface area contributed by atoms with Crippen LogP contribution in [0.1, 0.15) is 38.5 Å². The molecule has 96 valence electrons. The van der Waals surface area contributed by atoms with E-state index < -0.39 is 5.97 Å². The molecule has 1 saturated heterocycles. The minimum atomic E-state index is -0.855. The molecule has 2 fully saturated rings. The van der Waals surface area contributed by atoms with Gasteiger partial charge >= 0.3 is 5.97 Å². The van der Waals surface area contributed by atoms with Crippen molar-refractivity contribution in [3.63, 3.8) is 0 Å². The van der Waals surface area contributed by atoms with Gasteiger partial charge in [0.25, 0.3) is 0 Å². The third-order valence-electron chi connectivity index (χ3n) is 3.39. The van der Waals surface area contributed by atoms with Crippen molar-refractivity contribution in [1.82, 2.24) is 5.32 Å². The van der Waals surface area contributed by atoms with Crippen LogP contribution in [0.3, 0.4) is 0 Å². The zero-order valence-electron chi connectivity index (χ0n) is 9.85. The fourth-order valence-electron chi connectivity index (χ4n) is 2.25. The summed E-state index contributed by atoms with van der Waals surface area (Å²) in [6, 6.07) is -0.217. The van der Waals surface area contributed by atoms with E-state index in [0.717, 1.165) is 32.1 Å². The van der Waals surface area contributed by atoms with Gasteiger partial charge in [-0.15, -0.1) is 0 Å². The number of nitrogens with one attached hydrogen (secondary N) is 1. The van der Waals surface area contributed by atoms with E-state index in [2.05, 4.69) is 5.32 Å². The van der Waals surface area contributed by atoms with Crippen molar-refractivity contribution in [1.29, 1.82) is 0 Å². The molecule has 1 saturated carbocycles. The number of rotatable bonds is 5. The minimum absolute atomic E-state index is 0.0170. The zero-order valence-corrected chi connectivity index (χ0v) is 9.85. The van der Waals surface area contributed by atoms with E-state index >= 15 is 0 Å². The molecule has 1 aliphatic carbocycles. The Bertz CT molecular complexity index is 295. The van der Waals surface area contributed by atoms with Gasteiger partial charge < -0.3 is 15.2 Å². The number of aliphatic carboxylic acids is 1. The predicted molar refractivity (Wildman–Crippen MR) is 60.5 cm³/mol. The molecule has 1 heterocycles. The number of carbonyl (C=O) groups is 2. The Morgan fingerprint density at radius 3 is 2.59 bits per heavy atom. The van der Waals surface area contributed by atoms with Crippen molar-refractivity contribution in [2.24, 2.45) is 5.92 Å². The van der Waals surface area contributed by atoms with Gasteiger partial charge in [0.2, 0.25) is 5.91 Å². The molecule has 5 heteroatoms. The van der Waals surface area contributed by atoms with Crippen LogP contribution in [0.4, 0.5) is 0 Å². The number of carboxylic acids is 1. The summed E-state index contributed by atoms with van der Waals surface area (Å²) in [4.78, 5) is 22.6. The van der Waals surface area contributed by atoms with Gasteiger partial charge in [-0.25, -0.2) is 0 Å². The summed E-state index contributed by atoms with van der Waals surface area (Å²) in [5.41, 5.74) is 0. The molecule has 0 aromatic rings. The average Bonchev–Trinajstić information content (AvgIpc) is 3.12. The Kier molecular flexibility index (Phi) is 3.99. The monoisotopic (exact) mass is 241 g/mol. The van der Waals surface area contributed by atoms with Gasteiger partial charge in [-0.3, -0.25) is 9.59 Å². The quantitative estimate of drug-likeness (QED) is 0.750. The minimum Gasteiger partial charge on any atom is -0.481 e. The Balaban J connectivity index is 1.83. The first-order valence-electron chi connectivity index (χ1n) is 6.30. The van der Waals surface area contributed by atoms with Crippen molar-refractivity contribution in [3.8, 4) is 0 Å². The molecule has 2 aliphatic rings. The molecule has 2 unspecified atom stereocenters. The van der Waals surface area contributed by atoms with Gasteiger partial charge in [0.05, 0.1) is 6.42 Å². The largest absolute Gasteiger partial charge is 0.481 e. The second-order valence-electron chi connectivity index (χ2n) is 4.91. The molecule has 1 amide bonds. The van der Waals surface area contributed by atoms with Crippen LogP contribution in [0.5, 0.6) is 0 Å². The van der Waals surface area contributed by atoms with Crippen LogP contribution in [0.15, 0.2) is 0 Å². The fourth-order valence-corrected chi connectivity index (χ4v) is 2.25. The normalized spacial score (nSPS) is 26.2. The first kappa shape index (κ1) is 12.4. The lowest BCUT2D eigenvalue weighted by molar-refractivity contribution is -0.139. The Morgan fingerprint density at radius 1 is 1.29 bits per heavy atom. The fraction of sp³-hybridized carbons (Fsp3) is 0.833. The van der Waals surface area contributed by atoms with E-state index in [1.54, 1.807) is 0 Å². The number of carboxylic acid groups (broad SMARTS) is 1. The molecule has 0 radical (unpaired) electrons. The van der Waals surface area contributed by atoms with E-state index in [-0.39, 0.29) is 24.5 Å². The SMILES string of the molecule is O=C(O)CC(NC(=O)C1CCCCO1)C1CC1. The highest BCUT2D eigenvalue weighted by molar-refractivity contribution is 5.81. The molecule has 17 heavy (non-hydrogen) atoms. The molecule has 0 aromatic carbocycles. The smallest absolute Gasteiger partial charge is 0.305 e. The van der Waals surface area contributed by atoms with Crippen LogP contribution in [-0.4, -0.2) is 35.7 Å². The van der Waals surface area contributed by atoms with Crippen molar-refractivity contribution >= 4 is 11.9 Å². The van der Waals surface area contributed by atoms with Gasteiger partial charge in [-0.1, -0.05) is 0 Å². The third-order valence-corrected chi connectivity index (χ3v) is 3.39. The van der Waals surface area contributed by atoms with Gasteiger partial charge in [0.15, 0.2) is 0 Å². The van der Waals surface area contributed by atoms with Gasteiger partial charge in [-0.2, -0.15) is 0 Å². The number of ether oxygens (including phenoxy) is 1. The summed E-state index contributed by atoms with van der Waals surface area (Å²) in [5.74, 6) is -0.645. The number of amides is 1. The van der Waals surface area contributed by atoms with Gasteiger partial charge in [0, 0.05) is 12.6 Å². The summed E-state index contributed by atoms with van der Waals surface area (Å²) in [6.07, 6.45) is 4.43. The lowest BCUT2D eigenvalue weighted by atomic mass is 10.1. The molecule has 0 spiro atoms. The summed E-state index contributed by atoms with van der Waals surface area (Å²) >= 11 is 0. The molecule has 0 aromatic heterocycles. The maximum absolute atomic E-state index is 11.9. The maximum atomic E-state index is 11.9. The van der Waals surface area contributed by atoms with Crippen molar-refractivity contribution in [3.05, 3.63) is 0 Å². The molecule has 5 nitrogen and oxygen atoms in total. The molecular formula is C12H19NO4. The zero-order chi connectivity index (χ0) is 12.3. The summed E-state index contributed by atoms with van der Waals surface area (Å²) < 4.78 is 5.39. The van der Waals surface area contributed by atoms with Gasteiger partial charge in [0.1, 0.15) is 6.10 Å². The highest BCUT2D eigenvalue weighted by Gasteiger charge is 2.35. The van der Waals surface area contributed by atoms with Crippen LogP contribution in [0.25, 0.3) is 0 Å². The van der Waals surface area contributed by atoms with Crippen LogP contribution >= 0.6 is 0 Å². The topological polar surface area (TPSA) is 75.6 Å². The summed E-state index contributed by atoms with van der Waals surface area (Å²) in [5, 5.41) is 11.6. The maximum Gasteiger partial charge on any atom is 0.305 e. The van der Waals surface area contributed by atoms with Crippen molar-refractivity contribution in [2.45, 2.75) is 50.7 Å². The van der Waals surface area contributed by atoms with E-state index in [0.29, 0.717) is 12.5 Å². The standard InChI is InChI=1S/C12H19NO4/c14-11(15)7-9(8-4-5-8)13-12(16)10-3-1-2-6-17-10/h8-10H,1-7H2,(H,13,16)(H,14,15). The van der Waals surface area contributed by atoms with Gasteiger partial charge in [-0.05, 0) is 38.0 Å². The lowest BCUT2D eigenvalue weighted by Crippen LogP contribution is -2.45. The Labute approximate surface area is 101 Å². The van der Waals surface area contributed by atoms with Crippen LogP contribution in [0, 0.1) is 5.92 Å². The van der Waals surface area contributed by atoms with E-state index in [4.69, 9.17) is 9.84 Å². The Hall–Kier alpha value is -1.10. The first-order valence-corrected chi connectivity index (χ1v) is 6.30. The van der Waals surface area contributed by atoms with Crippen LogP contribution in [-0.2, 0) is 14.3 Å². The predicted octanol–water partition coefficient (Wildman–Crippen LogP) is 0.925. The second-order valence-corrected chi connectivity index (χ2v) is 4.91. The van der Waals surface area contributed by atoms with Crippen LogP contribution in [0.2, 0.25) is 0 Å². The summed E-state index contributed by atoms with van der Waals surface area (Å²) in [6.45, 7) is 0.630. The van der Waals surface area contributed by atoms with E-state index in [9.17, 15) is 9.59 Å². The molecular weight excluding hydrogens is 222 g/mol. The van der Waals surface area contributed by atoms with Crippen LogP contribution < -0.4 is 5.32 Å². The molecule has 2 atom stereocenters. The average molecular weight is 241 g/mol. The number of hydrogen-bond donors (Lipinski definition) is 2. The Morgan fingerprint density at radius 2 is 2.06 bits per heavy atom. The first-order chi connectivity index (χ1) is 8.16. The van der Waals surface area contributed by atoms with Crippen molar-refractivity contribution < 1.29 is 19.4 Å². The third kappa shape index (κ3) is 3.70. The molecule has 0 bridgehead atoms. The molecule has 2 N–H and O–H groups in total. The number of hydrogen-bond acceptors (Lipinski definition) is 3.